The number of benzene rings is 1. The number of ketones is 2. The Kier molecular flexibility index (Phi) is 7.20. The number of unbranched alkanes of at least 4 members (excludes halogenated alkanes) is 2. The summed E-state index contributed by atoms with van der Waals surface area (Å²) in [5.74, 6) is 0.684. The van der Waals surface area contributed by atoms with Crippen LogP contribution in [-0.4, -0.2) is 11.6 Å². The normalized spacial score (nSPS) is 15.7. The van der Waals surface area contributed by atoms with Crippen LogP contribution in [0.15, 0.2) is 24.3 Å². The van der Waals surface area contributed by atoms with Crippen molar-refractivity contribution in [3.05, 3.63) is 35.4 Å². The molecule has 1 aromatic carbocycles. The van der Waals surface area contributed by atoms with Crippen molar-refractivity contribution in [3.63, 3.8) is 0 Å². The number of hydrogen-bond acceptors (Lipinski definition) is 2. The van der Waals surface area contributed by atoms with Gasteiger partial charge in [-0.2, -0.15) is 0 Å². The molecule has 0 amide bonds. The van der Waals surface area contributed by atoms with E-state index in [0.29, 0.717) is 5.78 Å². The lowest BCUT2D eigenvalue weighted by Gasteiger charge is -2.20. The summed E-state index contributed by atoms with van der Waals surface area (Å²) in [6, 6.07) is 8.78. The third kappa shape index (κ3) is 5.79. The second-order valence-electron chi connectivity index (χ2n) is 8.96. The van der Waals surface area contributed by atoms with Crippen LogP contribution in [-0.2, 0) is 22.4 Å². The first kappa shape index (κ1) is 20.9. The van der Waals surface area contributed by atoms with E-state index in [1.807, 2.05) is 0 Å². The van der Waals surface area contributed by atoms with Crippen LogP contribution < -0.4 is 0 Å². The highest BCUT2D eigenvalue weighted by Crippen LogP contribution is 2.50. The van der Waals surface area contributed by atoms with Gasteiger partial charge in [-0.05, 0) is 76.3 Å². The van der Waals surface area contributed by atoms with E-state index < -0.39 is 0 Å². The van der Waals surface area contributed by atoms with Gasteiger partial charge in [-0.15, -0.1) is 0 Å². The highest BCUT2D eigenvalue weighted by molar-refractivity contribution is 5.84. The Bertz CT molecular complexity index is 580. The van der Waals surface area contributed by atoms with Gasteiger partial charge in [0, 0.05) is 10.8 Å². The molecule has 0 bridgehead atoms. The summed E-state index contributed by atoms with van der Waals surface area (Å²) < 4.78 is 0. The van der Waals surface area contributed by atoms with E-state index in [1.165, 1.54) is 17.5 Å². The first-order valence-electron chi connectivity index (χ1n) is 10.4. The Morgan fingerprint density at radius 1 is 0.923 bits per heavy atom. The lowest BCUT2D eigenvalue weighted by Crippen LogP contribution is -2.21. The van der Waals surface area contributed by atoms with Crippen LogP contribution in [0, 0.1) is 10.8 Å². The summed E-state index contributed by atoms with van der Waals surface area (Å²) in [5, 5.41) is 0. The van der Waals surface area contributed by atoms with Crippen molar-refractivity contribution in [3.8, 4) is 0 Å². The van der Waals surface area contributed by atoms with Crippen molar-refractivity contribution >= 4 is 11.6 Å². The minimum absolute atomic E-state index is 0.0586. The van der Waals surface area contributed by atoms with Crippen molar-refractivity contribution in [2.24, 2.45) is 10.8 Å². The maximum Gasteiger partial charge on any atom is 0.135 e. The van der Waals surface area contributed by atoms with Gasteiger partial charge in [-0.25, -0.2) is 0 Å². The maximum atomic E-state index is 11.7. The molecule has 0 heterocycles. The molecule has 2 nitrogen and oxygen atoms in total. The van der Waals surface area contributed by atoms with Gasteiger partial charge < -0.3 is 0 Å². The van der Waals surface area contributed by atoms with Gasteiger partial charge in [-0.3, -0.25) is 9.59 Å². The van der Waals surface area contributed by atoms with E-state index in [1.54, 1.807) is 13.8 Å². The monoisotopic (exact) mass is 356 g/mol. The van der Waals surface area contributed by atoms with Crippen molar-refractivity contribution in [2.45, 2.75) is 91.9 Å². The zero-order valence-electron chi connectivity index (χ0n) is 17.2. The molecule has 0 saturated heterocycles. The summed E-state index contributed by atoms with van der Waals surface area (Å²) in [6.45, 7) is 7.57. The van der Waals surface area contributed by atoms with E-state index in [9.17, 15) is 9.59 Å². The van der Waals surface area contributed by atoms with Gasteiger partial charge >= 0.3 is 0 Å². The van der Waals surface area contributed by atoms with Gasteiger partial charge in [0.1, 0.15) is 11.6 Å². The minimum Gasteiger partial charge on any atom is -0.299 e. The predicted molar refractivity (Wildman–Crippen MR) is 108 cm³/mol. The molecule has 2 rings (SSSR count). The Hall–Kier alpha value is -1.44. The molecule has 1 fully saturated rings. The number of Topliss-reactive ketones (excluding diaryl/α,β-unsaturated/α-hetero) is 2. The molecule has 1 saturated carbocycles. The Morgan fingerprint density at radius 3 is 1.92 bits per heavy atom. The number of carbonyl (C=O) groups is 2. The first-order chi connectivity index (χ1) is 12.3. The molecule has 0 aromatic heterocycles. The number of rotatable bonds is 12. The average Bonchev–Trinajstić information content (AvgIpc) is 3.38. The largest absolute Gasteiger partial charge is 0.299 e. The summed E-state index contributed by atoms with van der Waals surface area (Å²) in [5.41, 5.74) is 2.80. The molecule has 2 heteroatoms. The van der Waals surface area contributed by atoms with Gasteiger partial charge in [0.05, 0.1) is 0 Å². The molecule has 0 atom stereocenters. The predicted octanol–water partition coefficient (Wildman–Crippen LogP) is 6.10. The van der Waals surface area contributed by atoms with Crippen LogP contribution in [0.5, 0.6) is 0 Å². The van der Waals surface area contributed by atoms with Gasteiger partial charge in [-0.1, -0.05) is 51.0 Å². The number of carbonyl (C=O) groups excluding carboxylic acids is 2. The third-order valence-corrected chi connectivity index (χ3v) is 6.52. The Balaban J connectivity index is 1.75. The first-order valence-corrected chi connectivity index (χ1v) is 10.4. The molecular formula is C24H36O2. The summed E-state index contributed by atoms with van der Waals surface area (Å²) >= 11 is 0. The van der Waals surface area contributed by atoms with Crippen LogP contribution in [0.2, 0.25) is 0 Å². The van der Waals surface area contributed by atoms with E-state index in [0.717, 1.165) is 57.8 Å². The highest BCUT2D eigenvalue weighted by atomic mass is 16.1. The van der Waals surface area contributed by atoms with Gasteiger partial charge in [0.25, 0.3) is 0 Å². The zero-order chi connectivity index (χ0) is 19.2. The quantitative estimate of drug-likeness (QED) is 0.424. The van der Waals surface area contributed by atoms with Gasteiger partial charge in [0.15, 0.2) is 0 Å². The SMILES string of the molecule is CC(=O)C(C)(C)CCCCc1ccccc1CCCCC1(C(C)=O)CC1. The van der Waals surface area contributed by atoms with Crippen molar-refractivity contribution in [1.82, 2.24) is 0 Å². The second kappa shape index (κ2) is 8.97. The van der Waals surface area contributed by atoms with E-state index in [2.05, 4.69) is 38.1 Å². The fourth-order valence-electron chi connectivity index (χ4n) is 3.81. The topological polar surface area (TPSA) is 34.1 Å². The lowest BCUT2D eigenvalue weighted by atomic mass is 9.83. The minimum atomic E-state index is -0.186. The molecule has 1 aromatic rings. The number of aryl methyl sites for hydroxylation is 2. The molecule has 26 heavy (non-hydrogen) atoms. The molecule has 0 unspecified atom stereocenters. The van der Waals surface area contributed by atoms with E-state index >= 15 is 0 Å². The molecule has 1 aliphatic rings. The highest BCUT2D eigenvalue weighted by Gasteiger charge is 2.46. The van der Waals surface area contributed by atoms with Crippen LogP contribution in [0.1, 0.15) is 90.2 Å². The van der Waals surface area contributed by atoms with Crippen molar-refractivity contribution < 1.29 is 9.59 Å². The maximum absolute atomic E-state index is 11.7. The molecule has 0 N–H and O–H groups in total. The fourth-order valence-corrected chi connectivity index (χ4v) is 3.81. The smallest absolute Gasteiger partial charge is 0.135 e. The van der Waals surface area contributed by atoms with Crippen LogP contribution in [0.4, 0.5) is 0 Å². The Morgan fingerprint density at radius 2 is 1.46 bits per heavy atom. The van der Waals surface area contributed by atoms with Crippen molar-refractivity contribution in [1.29, 1.82) is 0 Å². The summed E-state index contributed by atoms with van der Waals surface area (Å²) in [4.78, 5) is 23.3. The lowest BCUT2D eigenvalue weighted by molar-refractivity contribution is -0.125. The van der Waals surface area contributed by atoms with E-state index in [-0.39, 0.29) is 16.6 Å². The second-order valence-corrected chi connectivity index (χ2v) is 8.96. The summed E-state index contributed by atoms with van der Waals surface area (Å²) in [7, 11) is 0. The van der Waals surface area contributed by atoms with Crippen molar-refractivity contribution in [2.75, 3.05) is 0 Å². The van der Waals surface area contributed by atoms with Crippen LogP contribution >= 0.6 is 0 Å². The third-order valence-electron chi connectivity index (χ3n) is 6.52. The Labute approximate surface area is 159 Å². The summed E-state index contributed by atoms with van der Waals surface area (Å²) in [6.07, 6.45) is 11.0. The number of hydrogen-bond donors (Lipinski definition) is 0. The van der Waals surface area contributed by atoms with Crippen LogP contribution in [0.25, 0.3) is 0 Å². The molecule has 0 radical (unpaired) electrons. The van der Waals surface area contributed by atoms with E-state index in [4.69, 9.17) is 0 Å². The molecule has 0 spiro atoms. The van der Waals surface area contributed by atoms with Crippen LogP contribution in [0.3, 0.4) is 0 Å². The molecule has 1 aliphatic carbocycles. The zero-order valence-corrected chi connectivity index (χ0v) is 17.2. The molecular weight excluding hydrogens is 320 g/mol. The standard InChI is InChI=1S/C24H36O2/c1-19(25)23(3,4)15-9-7-13-21-11-5-6-12-22(21)14-8-10-16-24(17-18-24)20(2)26/h5-6,11-12H,7-10,13-18H2,1-4H3. The average molecular weight is 357 g/mol. The van der Waals surface area contributed by atoms with Gasteiger partial charge in [0.2, 0.25) is 0 Å². The fraction of sp³-hybridized carbons (Fsp3) is 0.667. The molecule has 0 aliphatic heterocycles. The molecule has 144 valence electrons.